The monoisotopic (exact) mass is 520 g/mol. The van der Waals surface area contributed by atoms with Crippen LogP contribution in [0.4, 0.5) is 11.4 Å². The van der Waals surface area contributed by atoms with Crippen LogP contribution in [-0.2, 0) is 21.2 Å². The molecular weight excluding hydrogens is 499 g/mol. The first-order chi connectivity index (χ1) is 13.9. The number of benzene rings is 3. The number of aryl methyl sites for hydroxylation is 1. The number of amides is 1. The van der Waals surface area contributed by atoms with Crippen LogP contribution in [-0.4, -0.2) is 20.9 Å². The number of rotatable bonds is 7. The van der Waals surface area contributed by atoms with Crippen molar-refractivity contribution in [3.8, 4) is 0 Å². The van der Waals surface area contributed by atoms with E-state index in [0.29, 0.717) is 11.4 Å². The second-order valence-electron chi connectivity index (χ2n) is 6.36. The van der Waals surface area contributed by atoms with Crippen molar-refractivity contribution in [3.63, 3.8) is 0 Å². The Labute approximate surface area is 184 Å². The SMILES string of the molecule is CCc1ccccc1NC(=O)CN(c1ccc(I)cc1)S(=O)(=O)c1ccccc1. The van der Waals surface area contributed by atoms with Crippen molar-refractivity contribution in [2.24, 2.45) is 0 Å². The molecule has 0 aromatic heterocycles. The Balaban J connectivity index is 1.93. The lowest BCUT2D eigenvalue weighted by Crippen LogP contribution is -2.38. The van der Waals surface area contributed by atoms with Crippen LogP contribution in [0.5, 0.6) is 0 Å². The number of anilines is 2. The highest BCUT2D eigenvalue weighted by Crippen LogP contribution is 2.25. The van der Waals surface area contributed by atoms with E-state index in [4.69, 9.17) is 0 Å². The Bertz CT molecular complexity index is 1080. The van der Waals surface area contributed by atoms with Crippen LogP contribution in [0.1, 0.15) is 12.5 Å². The van der Waals surface area contributed by atoms with Gasteiger partial charge in [0.1, 0.15) is 6.54 Å². The number of hydrogen-bond donors (Lipinski definition) is 1. The topological polar surface area (TPSA) is 66.5 Å². The summed E-state index contributed by atoms with van der Waals surface area (Å²) < 4.78 is 28.7. The lowest BCUT2D eigenvalue weighted by Gasteiger charge is -2.24. The van der Waals surface area contributed by atoms with Gasteiger partial charge < -0.3 is 5.32 Å². The van der Waals surface area contributed by atoms with E-state index in [2.05, 4.69) is 27.9 Å². The maximum Gasteiger partial charge on any atom is 0.264 e. The number of carbonyl (C=O) groups excluding carboxylic acids is 1. The zero-order chi connectivity index (χ0) is 20.9. The van der Waals surface area contributed by atoms with Crippen molar-refractivity contribution < 1.29 is 13.2 Å². The van der Waals surface area contributed by atoms with Gasteiger partial charge in [-0.25, -0.2) is 8.42 Å². The number of sulfonamides is 1. The molecule has 0 atom stereocenters. The first-order valence-electron chi connectivity index (χ1n) is 9.13. The summed E-state index contributed by atoms with van der Waals surface area (Å²) in [6.45, 7) is 1.68. The Morgan fingerprint density at radius 3 is 2.21 bits per heavy atom. The minimum atomic E-state index is -3.90. The summed E-state index contributed by atoms with van der Waals surface area (Å²) in [5, 5.41) is 2.85. The summed E-state index contributed by atoms with van der Waals surface area (Å²) >= 11 is 2.15. The molecule has 150 valence electrons. The van der Waals surface area contributed by atoms with E-state index in [1.807, 2.05) is 43.3 Å². The van der Waals surface area contributed by atoms with Gasteiger partial charge in [-0.15, -0.1) is 0 Å². The van der Waals surface area contributed by atoms with Gasteiger partial charge in [0.25, 0.3) is 10.0 Å². The second-order valence-corrected chi connectivity index (χ2v) is 9.47. The highest BCUT2D eigenvalue weighted by Gasteiger charge is 2.27. The average molecular weight is 520 g/mol. The molecule has 0 bridgehead atoms. The number of nitrogens with one attached hydrogen (secondary N) is 1. The summed E-state index contributed by atoms with van der Waals surface area (Å²) in [4.78, 5) is 12.9. The summed E-state index contributed by atoms with van der Waals surface area (Å²) in [6.07, 6.45) is 0.763. The molecule has 0 aliphatic carbocycles. The van der Waals surface area contributed by atoms with Crippen LogP contribution < -0.4 is 9.62 Å². The van der Waals surface area contributed by atoms with Crippen LogP contribution in [0, 0.1) is 3.57 Å². The summed E-state index contributed by atoms with van der Waals surface area (Å²) in [5.41, 5.74) is 2.13. The lowest BCUT2D eigenvalue weighted by atomic mass is 10.1. The highest BCUT2D eigenvalue weighted by atomic mass is 127. The first kappa shape index (κ1) is 21.3. The molecule has 29 heavy (non-hydrogen) atoms. The van der Waals surface area contributed by atoms with Gasteiger partial charge in [-0.2, -0.15) is 0 Å². The third-order valence-electron chi connectivity index (χ3n) is 4.41. The van der Waals surface area contributed by atoms with E-state index >= 15 is 0 Å². The van der Waals surface area contributed by atoms with E-state index in [1.165, 1.54) is 12.1 Å². The molecule has 0 fully saturated rings. The van der Waals surface area contributed by atoms with E-state index in [-0.39, 0.29) is 11.4 Å². The molecule has 1 N–H and O–H groups in total. The maximum atomic E-state index is 13.3. The third-order valence-corrected chi connectivity index (χ3v) is 6.91. The van der Waals surface area contributed by atoms with Crippen molar-refractivity contribution in [3.05, 3.63) is 88.0 Å². The molecule has 0 radical (unpaired) electrons. The Kier molecular flexibility index (Phi) is 6.92. The highest BCUT2D eigenvalue weighted by molar-refractivity contribution is 14.1. The quantitative estimate of drug-likeness (QED) is 0.460. The fourth-order valence-corrected chi connectivity index (χ4v) is 4.71. The van der Waals surface area contributed by atoms with Crippen LogP contribution in [0.3, 0.4) is 0 Å². The Morgan fingerprint density at radius 1 is 0.931 bits per heavy atom. The number of hydrogen-bond acceptors (Lipinski definition) is 3. The molecule has 0 heterocycles. The van der Waals surface area contributed by atoms with Gasteiger partial charge in [0.15, 0.2) is 0 Å². The first-order valence-corrected chi connectivity index (χ1v) is 11.6. The number of para-hydroxylation sites is 1. The van der Waals surface area contributed by atoms with Gasteiger partial charge in [0.2, 0.25) is 5.91 Å². The fourth-order valence-electron chi connectivity index (χ4n) is 2.91. The molecule has 0 aliphatic rings. The smallest absolute Gasteiger partial charge is 0.264 e. The maximum absolute atomic E-state index is 13.3. The van der Waals surface area contributed by atoms with Crippen molar-refractivity contribution in [1.82, 2.24) is 0 Å². The molecule has 0 saturated carbocycles. The summed E-state index contributed by atoms with van der Waals surface area (Å²) in [5.74, 6) is -0.399. The molecule has 5 nitrogen and oxygen atoms in total. The van der Waals surface area contributed by atoms with Gasteiger partial charge in [-0.05, 0) is 77.0 Å². The average Bonchev–Trinajstić information content (AvgIpc) is 2.74. The van der Waals surface area contributed by atoms with E-state index in [1.54, 1.807) is 30.3 Å². The number of carbonyl (C=O) groups is 1. The van der Waals surface area contributed by atoms with Gasteiger partial charge in [0, 0.05) is 9.26 Å². The van der Waals surface area contributed by atoms with Gasteiger partial charge in [0.05, 0.1) is 10.6 Å². The zero-order valence-electron chi connectivity index (χ0n) is 15.9. The van der Waals surface area contributed by atoms with E-state index in [0.717, 1.165) is 19.9 Å². The molecule has 7 heteroatoms. The molecular formula is C22H21IN2O3S. The van der Waals surface area contributed by atoms with Crippen LogP contribution in [0.25, 0.3) is 0 Å². The predicted octanol–water partition coefficient (Wildman–Crippen LogP) is 4.69. The summed E-state index contributed by atoms with van der Waals surface area (Å²) in [7, 11) is -3.90. The molecule has 3 rings (SSSR count). The molecule has 0 spiro atoms. The molecule has 3 aromatic rings. The molecule has 0 saturated heterocycles. The minimum absolute atomic E-state index is 0.139. The van der Waals surface area contributed by atoms with Crippen LogP contribution in [0.2, 0.25) is 0 Å². The Morgan fingerprint density at radius 2 is 1.55 bits per heavy atom. The van der Waals surface area contributed by atoms with Gasteiger partial charge in [-0.3, -0.25) is 9.10 Å². The summed E-state index contributed by atoms with van der Waals surface area (Å²) in [6, 6.07) is 22.7. The van der Waals surface area contributed by atoms with Crippen molar-refractivity contribution in [2.75, 3.05) is 16.2 Å². The molecule has 0 unspecified atom stereocenters. The minimum Gasteiger partial charge on any atom is -0.324 e. The van der Waals surface area contributed by atoms with Crippen LogP contribution in [0.15, 0.2) is 83.8 Å². The lowest BCUT2D eigenvalue weighted by molar-refractivity contribution is -0.114. The predicted molar refractivity (Wildman–Crippen MR) is 125 cm³/mol. The van der Waals surface area contributed by atoms with Gasteiger partial charge >= 0.3 is 0 Å². The van der Waals surface area contributed by atoms with E-state index < -0.39 is 15.9 Å². The standard InChI is InChI=1S/C22H21IN2O3S/c1-2-17-8-6-7-11-21(17)24-22(26)16-25(19-14-12-18(23)13-15-19)29(27,28)20-9-4-3-5-10-20/h3-15H,2,16H2,1H3,(H,24,26). The zero-order valence-corrected chi connectivity index (χ0v) is 18.9. The molecule has 3 aromatic carbocycles. The van der Waals surface area contributed by atoms with Crippen LogP contribution >= 0.6 is 22.6 Å². The molecule has 0 aliphatic heterocycles. The van der Waals surface area contributed by atoms with Crippen molar-refractivity contribution in [1.29, 1.82) is 0 Å². The van der Waals surface area contributed by atoms with E-state index in [9.17, 15) is 13.2 Å². The molecule has 1 amide bonds. The fraction of sp³-hybridized carbons (Fsp3) is 0.136. The third kappa shape index (κ3) is 5.16. The normalized spacial score (nSPS) is 11.1. The van der Waals surface area contributed by atoms with Gasteiger partial charge in [-0.1, -0.05) is 43.3 Å². The van der Waals surface area contributed by atoms with Crippen molar-refractivity contribution >= 4 is 49.9 Å². The largest absolute Gasteiger partial charge is 0.324 e. The number of nitrogens with zero attached hydrogens (tertiary/aromatic N) is 1. The Hall–Kier alpha value is -2.39. The number of halogens is 1. The van der Waals surface area contributed by atoms with Crippen molar-refractivity contribution in [2.45, 2.75) is 18.2 Å². The second kappa shape index (κ2) is 9.41.